The molecule has 1 rings (SSSR count). The number of pyridine rings is 1. The summed E-state index contributed by atoms with van der Waals surface area (Å²) in [7, 11) is 0. The molecule has 1 heterocycles. The second kappa shape index (κ2) is 4.87. The van der Waals surface area contributed by atoms with Crippen LogP contribution in [-0.2, 0) is 12.5 Å². The van der Waals surface area contributed by atoms with Gasteiger partial charge in [-0.2, -0.15) is 0 Å². The van der Waals surface area contributed by atoms with Crippen molar-refractivity contribution in [1.82, 2.24) is 4.98 Å². The Kier molecular flexibility index (Phi) is 4.04. The zero-order valence-corrected chi connectivity index (χ0v) is 8.49. The maximum absolute atomic E-state index is 12.3. The van der Waals surface area contributed by atoms with Crippen molar-refractivity contribution in [2.75, 3.05) is 0 Å². The predicted molar refractivity (Wildman–Crippen MR) is 49.7 cm³/mol. The summed E-state index contributed by atoms with van der Waals surface area (Å²) in [6, 6.07) is 1.04. The van der Waals surface area contributed by atoms with E-state index in [4.69, 9.17) is 28.3 Å². The van der Waals surface area contributed by atoms with Crippen molar-refractivity contribution in [2.24, 2.45) is 0 Å². The highest BCUT2D eigenvalue weighted by Gasteiger charge is 2.15. The SMILES string of the molecule is OCc1c(Cl)cc(C(F)F)nc1CCl. The molecule has 1 aromatic rings. The molecule has 0 atom stereocenters. The first kappa shape index (κ1) is 11.6. The Bertz CT molecular complexity index is 333. The van der Waals surface area contributed by atoms with E-state index in [1.54, 1.807) is 0 Å². The third-order valence-corrected chi connectivity index (χ3v) is 2.27. The van der Waals surface area contributed by atoms with Crippen LogP contribution in [0.3, 0.4) is 0 Å². The van der Waals surface area contributed by atoms with Crippen LogP contribution in [0.5, 0.6) is 0 Å². The lowest BCUT2D eigenvalue weighted by Gasteiger charge is -2.08. The van der Waals surface area contributed by atoms with Crippen molar-refractivity contribution < 1.29 is 13.9 Å². The highest BCUT2D eigenvalue weighted by Crippen LogP contribution is 2.26. The molecule has 78 valence electrons. The molecule has 1 N–H and O–H groups in total. The van der Waals surface area contributed by atoms with E-state index in [1.807, 2.05) is 0 Å². The second-order valence-electron chi connectivity index (χ2n) is 2.55. The Morgan fingerprint density at radius 2 is 2.14 bits per heavy atom. The van der Waals surface area contributed by atoms with Crippen molar-refractivity contribution in [3.63, 3.8) is 0 Å². The molecule has 0 aliphatic heterocycles. The van der Waals surface area contributed by atoms with Gasteiger partial charge in [-0.3, -0.25) is 4.98 Å². The molecule has 2 nitrogen and oxygen atoms in total. The Balaban J connectivity index is 3.24. The summed E-state index contributed by atoms with van der Waals surface area (Å²) in [5.41, 5.74) is 0.0610. The van der Waals surface area contributed by atoms with Gasteiger partial charge >= 0.3 is 0 Å². The lowest BCUT2D eigenvalue weighted by atomic mass is 10.2. The molecule has 0 saturated carbocycles. The van der Waals surface area contributed by atoms with Gasteiger partial charge in [-0.1, -0.05) is 11.6 Å². The molecule has 0 radical (unpaired) electrons. The molecule has 0 unspecified atom stereocenters. The van der Waals surface area contributed by atoms with Gasteiger partial charge in [0.05, 0.1) is 18.2 Å². The van der Waals surface area contributed by atoms with Crippen molar-refractivity contribution >= 4 is 23.2 Å². The van der Waals surface area contributed by atoms with Gasteiger partial charge in [0.1, 0.15) is 5.69 Å². The maximum Gasteiger partial charge on any atom is 0.280 e. The topological polar surface area (TPSA) is 33.1 Å². The van der Waals surface area contributed by atoms with Gasteiger partial charge in [0.25, 0.3) is 6.43 Å². The van der Waals surface area contributed by atoms with Crippen molar-refractivity contribution in [2.45, 2.75) is 18.9 Å². The average molecular weight is 242 g/mol. The third kappa shape index (κ3) is 2.32. The van der Waals surface area contributed by atoms with E-state index in [0.29, 0.717) is 5.56 Å². The molecule has 0 aromatic carbocycles. The Morgan fingerprint density at radius 3 is 2.57 bits per heavy atom. The van der Waals surface area contributed by atoms with E-state index in [9.17, 15) is 8.78 Å². The molecule has 0 aliphatic rings. The van der Waals surface area contributed by atoms with E-state index in [0.717, 1.165) is 6.07 Å². The van der Waals surface area contributed by atoms with Gasteiger partial charge in [0.2, 0.25) is 0 Å². The maximum atomic E-state index is 12.3. The molecule has 0 spiro atoms. The van der Waals surface area contributed by atoms with Crippen LogP contribution in [0, 0.1) is 0 Å². The third-order valence-electron chi connectivity index (χ3n) is 1.68. The number of hydrogen-bond acceptors (Lipinski definition) is 2. The van der Waals surface area contributed by atoms with E-state index >= 15 is 0 Å². The molecular weight excluding hydrogens is 235 g/mol. The Hall–Kier alpha value is -0.450. The highest BCUT2D eigenvalue weighted by atomic mass is 35.5. The largest absolute Gasteiger partial charge is 0.392 e. The molecule has 14 heavy (non-hydrogen) atoms. The average Bonchev–Trinajstić information content (AvgIpc) is 2.16. The van der Waals surface area contributed by atoms with Crippen LogP contribution >= 0.6 is 23.2 Å². The van der Waals surface area contributed by atoms with Gasteiger partial charge in [-0.25, -0.2) is 8.78 Å². The molecule has 0 fully saturated rings. The van der Waals surface area contributed by atoms with Crippen LogP contribution in [0.25, 0.3) is 0 Å². The van der Waals surface area contributed by atoms with Crippen molar-refractivity contribution in [3.05, 3.63) is 28.0 Å². The molecule has 0 aliphatic carbocycles. The lowest BCUT2D eigenvalue weighted by Crippen LogP contribution is -2.01. The monoisotopic (exact) mass is 241 g/mol. The molecule has 0 saturated heterocycles. The zero-order valence-electron chi connectivity index (χ0n) is 6.98. The summed E-state index contributed by atoms with van der Waals surface area (Å²) in [6.07, 6.45) is -2.69. The fourth-order valence-electron chi connectivity index (χ4n) is 0.999. The minimum Gasteiger partial charge on any atom is -0.392 e. The fourth-order valence-corrected chi connectivity index (χ4v) is 1.50. The number of alkyl halides is 3. The van der Waals surface area contributed by atoms with E-state index < -0.39 is 12.1 Å². The Labute approximate surface area is 89.5 Å². The normalized spacial score (nSPS) is 11.0. The quantitative estimate of drug-likeness (QED) is 0.826. The number of nitrogens with zero attached hydrogens (tertiary/aromatic N) is 1. The van der Waals surface area contributed by atoms with Crippen LogP contribution in [0.4, 0.5) is 8.78 Å². The van der Waals surface area contributed by atoms with Crippen molar-refractivity contribution in [1.29, 1.82) is 0 Å². The molecular formula is C8H7Cl2F2NO. The number of aliphatic hydroxyl groups is 1. The minimum atomic E-state index is -2.69. The van der Waals surface area contributed by atoms with Gasteiger partial charge < -0.3 is 5.11 Å². The Morgan fingerprint density at radius 1 is 1.50 bits per heavy atom. The number of halogens is 4. The highest BCUT2D eigenvalue weighted by molar-refractivity contribution is 6.31. The van der Waals surface area contributed by atoms with Gasteiger partial charge in [0.15, 0.2) is 0 Å². The molecule has 0 amide bonds. The lowest BCUT2D eigenvalue weighted by molar-refractivity contribution is 0.145. The van der Waals surface area contributed by atoms with E-state index in [-0.39, 0.29) is 23.2 Å². The fraction of sp³-hybridized carbons (Fsp3) is 0.375. The summed E-state index contributed by atoms with van der Waals surface area (Å²) in [5, 5.41) is 8.95. The number of rotatable bonds is 3. The summed E-state index contributed by atoms with van der Waals surface area (Å²) < 4.78 is 24.5. The first-order valence-corrected chi connectivity index (χ1v) is 4.64. The standard InChI is InChI=1S/C8H7Cl2F2NO/c9-2-7-4(3-14)5(10)1-6(13-7)8(11)12/h1,8,14H,2-3H2. The summed E-state index contributed by atoms with van der Waals surface area (Å²) >= 11 is 11.1. The minimum absolute atomic E-state index is 0.0594. The predicted octanol–water partition coefficient (Wildman–Crippen LogP) is 2.90. The number of aromatic nitrogens is 1. The second-order valence-corrected chi connectivity index (χ2v) is 3.22. The van der Waals surface area contributed by atoms with Crippen LogP contribution in [0.2, 0.25) is 5.02 Å². The molecule has 0 bridgehead atoms. The first-order valence-electron chi connectivity index (χ1n) is 3.73. The van der Waals surface area contributed by atoms with Crippen LogP contribution in [0.15, 0.2) is 6.07 Å². The van der Waals surface area contributed by atoms with E-state index in [1.165, 1.54) is 0 Å². The van der Waals surface area contributed by atoms with Crippen LogP contribution in [-0.4, -0.2) is 10.1 Å². The summed E-state index contributed by atoms with van der Waals surface area (Å²) in [4.78, 5) is 3.60. The number of hydrogen-bond donors (Lipinski definition) is 1. The molecule has 1 aromatic heterocycles. The molecule has 6 heteroatoms. The van der Waals surface area contributed by atoms with Gasteiger partial charge in [-0.05, 0) is 6.07 Å². The van der Waals surface area contributed by atoms with Crippen LogP contribution < -0.4 is 0 Å². The zero-order chi connectivity index (χ0) is 10.7. The van der Waals surface area contributed by atoms with E-state index in [2.05, 4.69) is 4.98 Å². The van der Waals surface area contributed by atoms with Crippen LogP contribution in [0.1, 0.15) is 23.4 Å². The number of aliphatic hydroxyl groups excluding tert-OH is 1. The summed E-state index contributed by atoms with van der Waals surface area (Å²) in [6.45, 7) is -0.364. The van der Waals surface area contributed by atoms with Crippen molar-refractivity contribution in [3.8, 4) is 0 Å². The summed E-state index contributed by atoms with van der Waals surface area (Å²) in [5.74, 6) is -0.0594. The first-order chi connectivity index (χ1) is 6.60. The smallest absolute Gasteiger partial charge is 0.280 e. The van der Waals surface area contributed by atoms with Gasteiger partial charge in [0, 0.05) is 10.6 Å². The van der Waals surface area contributed by atoms with Gasteiger partial charge in [-0.15, -0.1) is 11.6 Å².